The average Bonchev–Trinajstić information content (AvgIpc) is 2.65. The maximum Gasteiger partial charge on any atom is 0.330 e. The van der Waals surface area contributed by atoms with E-state index in [1.54, 1.807) is 7.11 Å². The molecule has 1 fully saturated rings. The minimum absolute atomic E-state index is 0.243. The van der Waals surface area contributed by atoms with E-state index >= 15 is 0 Å². The largest absolute Gasteiger partial charge is 0.463 e. The van der Waals surface area contributed by atoms with E-state index in [-0.39, 0.29) is 31.1 Å². The minimum Gasteiger partial charge on any atom is -0.463 e. The first-order chi connectivity index (χ1) is 13.0. The van der Waals surface area contributed by atoms with E-state index in [0.29, 0.717) is 51.7 Å². The van der Waals surface area contributed by atoms with Gasteiger partial charge in [0.15, 0.2) is 0 Å². The third-order valence-corrected chi connectivity index (χ3v) is 3.93. The highest BCUT2D eigenvalue weighted by Gasteiger charge is 2.27. The molecule has 1 aliphatic rings. The molecule has 0 saturated carbocycles. The van der Waals surface area contributed by atoms with Crippen molar-refractivity contribution in [1.29, 1.82) is 0 Å². The van der Waals surface area contributed by atoms with E-state index in [2.05, 4.69) is 6.58 Å². The van der Waals surface area contributed by atoms with Gasteiger partial charge in [-0.05, 0) is 25.7 Å². The molecule has 0 spiro atoms. The first-order valence-electron chi connectivity index (χ1n) is 9.33. The molecular weight excluding hydrogens is 356 g/mol. The molecule has 0 aliphatic carbocycles. The second kappa shape index (κ2) is 14.2. The summed E-state index contributed by atoms with van der Waals surface area (Å²) >= 11 is 0. The first kappa shape index (κ1) is 23.1. The Labute approximate surface area is 160 Å². The Kier molecular flexibility index (Phi) is 12.1. The van der Waals surface area contributed by atoms with Crippen LogP contribution in [-0.4, -0.2) is 57.2 Å². The van der Waals surface area contributed by atoms with Gasteiger partial charge in [0.1, 0.15) is 6.10 Å². The molecule has 0 radical (unpaired) electrons. The summed E-state index contributed by atoms with van der Waals surface area (Å²) in [6.45, 7) is 4.54. The van der Waals surface area contributed by atoms with Crippen LogP contribution < -0.4 is 0 Å². The molecule has 2 atom stereocenters. The van der Waals surface area contributed by atoms with E-state index in [9.17, 15) is 14.4 Å². The van der Waals surface area contributed by atoms with Crippen LogP contribution in [0.15, 0.2) is 12.7 Å². The lowest BCUT2D eigenvalue weighted by Gasteiger charge is -2.28. The van der Waals surface area contributed by atoms with Gasteiger partial charge >= 0.3 is 17.9 Å². The molecule has 0 amide bonds. The lowest BCUT2D eigenvalue weighted by Crippen LogP contribution is -2.35. The van der Waals surface area contributed by atoms with Crippen molar-refractivity contribution in [3.8, 4) is 0 Å². The van der Waals surface area contributed by atoms with Crippen LogP contribution in [0, 0.1) is 0 Å². The zero-order chi connectivity index (χ0) is 19.9. The fourth-order valence-electron chi connectivity index (χ4n) is 2.49. The summed E-state index contributed by atoms with van der Waals surface area (Å²) in [5.41, 5.74) is 0. The molecule has 0 aromatic rings. The fourth-order valence-corrected chi connectivity index (χ4v) is 2.49. The number of rotatable bonds is 13. The smallest absolute Gasteiger partial charge is 0.330 e. The summed E-state index contributed by atoms with van der Waals surface area (Å²) in [7, 11) is 1.62. The van der Waals surface area contributed by atoms with Gasteiger partial charge in [-0.15, -0.1) is 0 Å². The molecule has 8 nitrogen and oxygen atoms in total. The quantitative estimate of drug-likeness (QED) is 0.206. The number of hydrogen-bond acceptors (Lipinski definition) is 8. The van der Waals surface area contributed by atoms with Crippen LogP contribution >= 0.6 is 0 Å². The molecule has 1 aliphatic heterocycles. The topological polar surface area (TPSA) is 97.4 Å². The Morgan fingerprint density at radius 2 is 1.70 bits per heavy atom. The predicted octanol–water partition coefficient (Wildman–Crippen LogP) is 2.29. The number of carbonyl (C=O) groups excluding carboxylic acids is 3. The van der Waals surface area contributed by atoms with Crippen LogP contribution in [0.3, 0.4) is 0 Å². The second-order valence-electron chi connectivity index (χ2n) is 6.21. The Morgan fingerprint density at radius 3 is 2.37 bits per heavy atom. The number of unbranched alkanes of at least 4 members (excludes halogenated alkanes) is 2. The normalized spacial score (nSPS) is 19.1. The molecule has 2 unspecified atom stereocenters. The van der Waals surface area contributed by atoms with Crippen molar-refractivity contribution < 1.29 is 38.1 Å². The van der Waals surface area contributed by atoms with Crippen molar-refractivity contribution >= 4 is 17.9 Å². The highest BCUT2D eigenvalue weighted by atomic mass is 16.7. The van der Waals surface area contributed by atoms with Gasteiger partial charge in [0.05, 0.1) is 13.2 Å². The van der Waals surface area contributed by atoms with Gasteiger partial charge < -0.3 is 23.7 Å². The van der Waals surface area contributed by atoms with Gasteiger partial charge in [0.25, 0.3) is 0 Å². The van der Waals surface area contributed by atoms with Gasteiger partial charge in [-0.25, -0.2) is 4.79 Å². The highest BCUT2D eigenvalue weighted by molar-refractivity contribution is 5.81. The van der Waals surface area contributed by atoms with Gasteiger partial charge in [0.2, 0.25) is 6.29 Å². The molecule has 0 bridgehead atoms. The standard InChI is InChI=1S/C19H30O8/c1-3-16(20)24-12-7-5-8-17(21)26-15-10-13-25-19(14-15)27-18(22)9-4-6-11-23-2/h3,15,19H,1,4-14H2,2H3. The SMILES string of the molecule is C=CC(=O)OCCCCC(=O)OC1CCOC(OC(=O)CCCCOC)C1. The summed E-state index contributed by atoms with van der Waals surface area (Å²) in [6, 6.07) is 0. The van der Waals surface area contributed by atoms with Crippen molar-refractivity contribution in [2.75, 3.05) is 26.9 Å². The van der Waals surface area contributed by atoms with Crippen molar-refractivity contribution in [1.82, 2.24) is 0 Å². The molecule has 154 valence electrons. The number of methoxy groups -OCH3 is 1. The van der Waals surface area contributed by atoms with Crippen LogP contribution in [0.1, 0.15) is 51.4 Å². The summed E-state index contributed by atoms with van der Waals surface area (Å²) in [6.07, 6.45) is 4.19. The molecule has 0 aromatic carbocycles. The van der Waals surface area contributed by atoms with Crippen molar-refractivity contribution in [3.63, 3.8) is 0 Å². The lowest BCUT2D eigenvalue weighted by atomic mass is 10.1. The van der Waals surface area contributed by atoms with Gasteiger partial charge in [-0.1, -0.05) is 6.58 Å². The van der Waals surface area contributed by atoms with Crippen LogP contribution in [0.4, 0.5) is 0 Å². The average molecular weight is 386 g/mol. The molecule has 0 N–H and O–H groups in total. The Balaban J connectivity index is 2.16. The number of hydrogen-bond donors (Lipinski definition) is 0. The van der Waals surface area contributed by atoms with Crippen molar-refractivity contribution in [2.24, 2.45) is 0 Å². The first-order valence-corrected chi connectivity index (χ1v) is 9.33. The Bertz CT molecular complexity index is 476. The summed E-state index contributed by atoms with van der Waals surface area (Å²) in [5, 5.41) is 0. The van der Waals surface area contributed by atoms with Crippen LogP contribution in [0.5, 0.6) is 0 Å². The maximum atomic E-state index is 11.9. The molecule has 8 heteroatoms. The van der Waals surface area contributed by atoms with Crippen LogP contribution in [-0.2, 0) is 38.1 Å². The zero-order valence-electron chi connectivity index (χ0n) is 16.0. The number of ether oxygens (including phenoxy) is 5. The van der Waals surface area contributed by atoms with E-state index in [4.69, 9.17) is 23.7 Å². The van der Waals surface area contributed by atoms with Gasteiger partial charge in [-0.2, -0.15) is 0 Å². The van der Waals surface area contributed by atoms with E-state index in [1.807, 2.05) is 0 Å². The number of esters is 3. The Morgan fingerprint density at radius 1 is 1.04 bits per heavy atom. The van der Waals surface area contributed by atoms with Crippen LogP contribution in [0.25, 0.3) is 0 Å². The summed E-state index contributed by atoms with van der Waals surface area (Å²) in [5.74, 6) is -1.11. The summed E-state index contributed by atoms with van der Waals surface area (Å²) < 4.78 is 25.9. The molecular formula is C19H30O8. The molecule has 1 saturated heterocycles. The number of carbonyl (C=O) groups is 3. The second-order valence-corrected chi connectivity index (χ2v) is 6.21. The van der Waals surface area contributed by atoms with Crippen molar-refractivity contribution in [3.05, 3.63) is 12.7 Å². The maximum absolute atomic E-state index is 11.9. The molecule has 1 heterocycles. The minimum atomic E-state index is -0.676. The van der Waals surface area contributed by atoms with Crippen LogP contribution in [0.2, 0.25) is 0 Å². The zero-order valence-corrected chi connectivity index (χ0v) is 16.0. The third kappa shape index (κ3) is 11.4. The molecule has 1 rings (SSSR count). The molecule has 27 heavy (non-hydrogen) atoms. The van der Waals surface area contributed by atoms with E-state index < -0.39 is 12.3 Å². The third-order valence-electron chi connectivity index (χ3n) is 3.93. The lowest BCUT2D eigenvalue weighted by molar-refractivity contribution is -0.202. The monoisotopic (exact) mass is 386 g/mol. The molecule has 0 aromatic heterocycles. The predicted molar refractivity (Wildman–Crippen MR) is 95.7 cm³/mol. The fraction of sp³-hybridized carbons (Fsp3) is 0.737. The summed E-state index contributed by atoms with van der Waals surface area (Å²) in [4.78, 5) is 34.6. The Hall–Kier alpha value is -1.93. The van der Waals surface area contributed by atoms with E-state index in [0.717, 1.165) is 12.5 Å². The van der Waals surface area contributed by atoms with Gasteiger partial charge in [-0.3, -0.25) is 9.59 Å². The van der Waals surface area contributed by atoms with Crippen molar-refractivity contribution in [2.45, 2.75) is 63.8 Å². The van der Waals surface area contributed by atoms with E-state index in [1.165, 1.54) is 0 Å². The highest BCUT2D eigenvalue weighted by Crippen LogP contribution is 2.19. The van der Waals surface area contributed by atoms with Gasteiger partial charge in [0, 0.05) is 45.5 Å².